The summed E-state index contributed by atoms with van der Waals surface area (Å²) in [6.45, 7) is 4.98. The van der Waals surface area contributed by atoms with Crippen molar-refractivity contribution in [3.8, 4) is 23.6 Å². The lowest BCUT2D eigenvalue weighted by Crippen LogP contribution is -2.46. The van der Waals surface area contributed by atoms with Crippen molar-refractivity contribution in [2.75, 3.05) is 25.1 Å². The summed E-state index contributed by atoms with van der Waals surface area (Å²) in [6, 6.07) is 5.51. The van der Waals surface area contributed by atoms with Gasteiger partial charge in [-0.15, -0.1) is 0 Å². The lowest BCUT2D eigenvalue weighted by Gasteiger charge is -2.37. The molecule has 1 fully saturated rings. The zero-order valence-electron chi connectivity index (χ0n) is 12.3. The Kier molecular flexibility index (Phi) is 4.21. The second kappa shape index (κ2) is 5.90. The molecule has 1 aliphatic rings. The number of aromatic hydroxyl groups is 1. The highest BCUT2D eigenvalue weighted by Crippen LogP contribution is 2.40. The molecule has 2 rings (SSSR count). The second-order valence-corrected chi connectivity index (χ2v) is 5.08. The Balaban J connectivity index is 2.60. The van der Waals surface area contributed by atoms with Crippen molar-refractivity contribution in [3.05, 3.63) is 17.2 Å². The topological polar surface area (TPSA) is 89.5 Å². The summed E-state index contributed by atoms with van der Waals surface area (Å²) in [6.07, 6.45) is -0.0350. The molecule has 1 saturated heterocycles. The summed E-state index contributed by atoms with van der Waals surface area (Å²) >= 11 is 0. The maximum atomic E-state index is 10.1. The van der Waals surface area contributed by atoms with Gasteiger partial charge in [0.1, 0.15) is 17.7 Å². The highest BCUT2D eigenvalue weighted by atomic mass is 16.5. The van der Waals surface area contributed by atoms with E-state index in [1.807, 2.05) is 24.8 Å². The number of morpholine rings is 1. The average Bonchev–Trinajstić information content (AvgIpc) is 2.45. The molecule has 1 N–H and O–H groups in total. The molecule has 0 aromatic heterocycles. The van der Waals surface area contributed by atoms with E-state index in [4.69, 9.17) is 9.47 Å². The molecule has 2 unspecified atom stereocenters. The first-order valence-corrected chi connectivity index (χ1v) is 6.66. The molecule has 0 bridgehead atoms. The van der Waals surface area contributed by atoms with E-state index >= 15 is 0 Å². The van der Waals surface area contributed by atoms with Gasteiger partial charge >= 0.3 is 0 Å². The molecule has 21 heavy (non-hydrogen) atoms. The number of nitrogens with zero attached hydrogens (tertiary/aromatic N) is 3. The molecule has 1 aromatic rings. The van der Waals surface area contributed by atoms with Crippen molar-refractivity contribution in [1.82, 2.24) is 0 Å². The summed E-state index contributed by atoms with van der Waals surface area (Å²) in [5.74, 6) is -0.109. The fraction of sp³-hybridized carbons (Fsp3) is 0.467. The highest BCUT2D eigenvalue weighted by Gasteiger charge is 2.28. The SMILES string of the molecule is COc1cc(C#N)c(N2CC(C)OC(C)C2)c(C#N)c1O. The fourth-order valence-electron chi connectivity index (χ4n) is 2.67. The van der Waals surface area contributed by atoms with E-state index in [0.717, 1.165) is 0 Å². The zero-order chi connectivity index (χ0) is 15.6. The van der Waals surface area contributed by atoms with Crippen LogP contribution >= 0.6 is 0 Å². The van der Waals surface area contributed by atoms with Gasteiger partial charge in [0.25, 0.3) is 0 Å². The van der Waals surface area contributed by atoms with Crippen LogP contribution in [0, 0.1) is 22.7 Å². The average molecular weight is 287 g/mol. The largest absolute Gasteiger partial charge is 0.503 e. The molecule has 2 atom stereocenters. The Morgan fingerprint density at radius 3 is 2.38 bits per heavy atom. The van der Waals surface area contributed by atoms with Crippen LogP contribution in [-0.2, 0) is 4.74 Å². The van der Waals surface area contributed by atoms with Crippen molar-refractivity contribution < 1.29 is 14.6 Å². The first-order chi connectivity index (χ1) is 10.0. The number of ether oxygens (including phenoxy) is 2. The molecule has 110 valence electrons. The van der Waals surface area contributed by atoms with E-state index in [1.165, 1.54) is 13.2 Å². The molecule has 1 heterocycles. The lowest BCUT2D eigenvalue weighted by atomic mass is 10.0. The second-order valence-electron chi connectivity index (χ2n) is 5.08. The minimum Gasteiger partial charge on any atom is -0.503 e. The van der Waals surface area contributed by atoms with Crippen LogP contribution < -0.4 is 9.64 Å². The molecule has 0 saturated carbocycles. The maximum Gasteiger partial charge on any atom is 0.178 e. The molecule has 6 nitrogen and oxygen atoms in total. The van der Waals surface area contributed by atoms with Crippen molar-refractivity contribution in [2.24, 2.45) is 0 Å². The van der Waals surface area contributed by atoms with Gasteiger partial charge in [-0.2, -0.15) is 10.5 Å². The predicted molar refractivity (Wildman–Crippen MR) is 76.3 cm³/mol. The number of rotatable bonds is 2. The Hall–Kier alpha value is -2.44. The van der Waals surface area contributed by atoms with Gasteiger partial charge in [-0.3, -0.25) is 0 Å². The van der Waals surface area contributed by atoms with Crippen molar-refractivity contribution in [1.29, 1.82) is 10.5 Å². The Morgan fingerprint density at radius 1 is 1.29 bits per heavy atom. The van der Waals surface area contributed by atoms with Crippen LogP contribution in [0.25, 0.3) is 0 Å². The molecule has 0 amide bonds. The predicted octanol–water partition coefficient (Wildman–Crippen LogP) is 1.76. The van der Waals surface area contributed by atoms with Gasteiger partial charge in [0.2, 0.25) is 0 Å². The molecule has 0 aliphatic carbocycles. The van der Waals surface area contributed by atoms with Gasteiger partial charge in [-0.1, -0.05) is 0 Å². The van der Waals surface area contributed by atoms with E-state index in [-0.39, 0.29) is 29.3 Å². The van der Waals surface area contributed by atoms with Crippen LogP contribution in [0.2, 0.25) is 0 Å². The molecular formula is C15H17N3O3. The van der Waals surface area contributed by atoms with Gasteiger partial charge in [-0.05, 0) is 13.8 Å². The molecule has 0 radical (unpaired) electrons. The standard InChI is InChI=1S/C15H17N3O3/c1-9-7-18(8-10(2)21-9)14-11(5-16)4-13(20-3)15(19)12(14)6-17/h4,9-10,19H,7-8H2,1-3H3. The van der Waals surface area contributed by atoms with Crippen LogP contribution in [-0.4, -0.2) is 37.5 Å². The molecule has 0 spiro atoms. The number of hydrogen-bond donors (Lipinski definition) is 1. The number of benzene rings is 1. The number of nitriles is 2. The number of phenols is 1. The van der Waals surface area contributed by atoms with Crippen LogP contribution in [0.1, 0.15) is 25.0 Å². The van der Waals surface area contributed by atoms with Gasteiger partial charge in [0.05, 0.1) is 30.6 Å². The Morgan fingerprint density at radius 2 is 1.90 bits per heavy atom. The third-order valence-electron chi connectivity index (χ3n) is 3.43. The first-order valence-electron chi connectivity index (χ1n) is 6.66. The number of methoxy groups -OCH3 is 1. The van der Waals surface area contributed by atoms with Crippen LogP contribution in [0.4, 0.5) is 5.69 Å². The van der Waals surface area contributed by atoms with E-state index in [1.54, 1.807) is 0 Å². The van der Waals surface area contributed by atoms with Crippen LogP contribution in [0.5, 0.6) is 11.5 Å². The van der Waals surface area contributed by atoms with Gasteiger partial charge < -0.3 is 19.5 Å². The minimum atomic E-state index is -0.235. The number of anilines is 1. The highest BCUT2D eigenvalue weighted by molar-refractivity contribution is 5.75. The summed E-state index contributed by atoms with van der Waals surface area (Å²) in [5.41, 5.74) is 0.815. The number of phenolic OH excluding ortho intramolecular Hbond substituents is 1. The smallest absolute Gasteiger partial charge is 0.178 e. The zero-order valence-corrected chi connectivity index (χ0v) is 12.3. The summed E-state index contributed by atoms with van der Waals surface area (Å²) in [7, 11) is 1.38. The quantitative estimate of drug-likeness (QED) is 0.891. The van der Waals surface area contributed by atoms with Crippen LogP contribution in [0.15, 0.2) is 6.07 Å². The van der Waals surface area contributed by atoms with Crippen molar-refractivity contribution >= 4 is 5.69 Å². The normalized spacial score (nSPS) is 21.5. The maximum absolute atomic E-state index is 10.1. The minimum absolute atomic E-state index is 0.0175. The Bertz CT molecular complexity index is 621. The Labute approximate surface area is 123 Å². The van der Waals surface area contributed by atoms with Crippen molar-refractivity contribution in [2.45, 2.75) is 26.1 Å². The van der Waals surface area contributed by atoms with Crippen molar-refractivity contribution in [3.63, 3.8) is 0 Å². The summed E-state index contributed by atoms with van der Waals surface area (Å²) in [5, 5.41) is 28.9. The number of hydrogen-bond acceptors (Lipinski definition) is 6. The molecule has 1 aliphatic heterocycles. The monoisotopic (exact) mass is 287 g/mol. The third kappa shape index (κ3) is 2.72. The summed E-state index contributed by atoms with van der Waals surface area (Å²) < 4.78 is 10.7. The lowest BCUT2D eigenvalue weighted by molar-refractivity contribution is -0.00525. The molecule has 6 heteroatoms. The van der Waals surface area contributed by atoms with Gasteiger partial charge in [-0.25, -0.2) is 0 Å². The molecule has 1 aromatic carbocycles. The third-order valence-corrected chi connectivity index (χ3v) is 3.43. The molecular weight excluding hydrogens is 270 g/mol. The summed E-state index contributed by atoms with van der Waals surface area (Å²) in [4.78, 5) is 1.91. The fourth-order valence-corrected chi connectivity index (χ4v) is 2.67. The first kappa shape index (κ1) is 15.0. The van der Waals surface area contributed by atoms with Gasteiger partial charge in [0.15, 0.2) is 11.5 Å². The van der Waals surface area contributed by atoms with E-state index < -0.39 is 0 Å². The van der Waals surface area contributed by atoms with Gasteiger partial charge in [0, 0.05) is 19.2 Å². The van der Waals surface area contributed by atoms with E-state index in [9.17, 15) is 15.6 Å². The van der Waals surface area contributed by atoms with Crippen LogP contribution in [0.3, 0.4) is 0 Å². The van der Waals surface area contributed by atoms with E-state index in [2.05, 4.69) is 6.07 Å². The van der Waals surface area contributed by atoms with E-state index in [0.29, 0.717) is 24.3 Å².